The van der Waals surface area contributed by atoms with Crippen LogP contribution in [0.5, 0.6) is 0 Å². The van der Waals surface area contributed by atoms with Crippen LogP contribution in [-0.4, -0.2) is 38.4 Å². The predicted octanol–water partition coefficient (Wildman–Crippen LogP) is -0.0784. The molecule has 0 bridgehead atoms. The molecular weight excluding hydrogens is 258 g/mol. The Bertz CT molecular complexity index is 521. The summed E-state index contributed by atoms with van der Waals surface area (Å²) in [6, 6.07) is 6.79. The van der Waals surface area contributed by atoms with Crippen molar-refractivity contribution in [3.63, 3.8) is 0 Å². The maximum atomic E-state index is 11.4. The molecule has 1 rings (SSSR count). The fourth-order valence-electron chi connectivity index (χ4n) is 1.38. The fraction of sp³-hybridized carbons (Fsp3) is 0.214. The first kappa shape index (κ1) is 15.4. The largest absolute Gasteiger partial charge is 0.358 e. The summed E-state index contributed by atoms with van der Waals surface area (Å²) in [4.78, 5) is 33.7. The van der Waals surface area contributed by atoms with Crippen LogP contribution < -0.4 is 16.0 Å². The van der Waals surface area contributed by atoms with Crippen LogP contribution in [0.2, 0.25) is 0 Å². The van der Waals surface area contributed by atoms with E-state index >= 15 is 0 Å². The Morgan fingerprint density at radius 2 is 1.70 bits per heavy atom. The summed E-state index contributed by atoms with van der Waals surface area (Å²) < 4.78 is 0. The second-order valence-corrected chi connectivity index (χ2v) is 3.93. The normalized spacial score (nSPS) is 10.1. The van der Waals surface area contributed by atoms with Crippen molar-refractivity contribution >= 4 is 23.8 Å². The molecule has 0 saturated heterocycles. The van der Waals surface area contributed by atoms with E-state index in [2.05, 4.69) is 16.0 Å². The summed E-state index contributed by atoms with van der Waals surface area (Å²) in [7, 11) is 3.06. The monoisotopic (exact) mass is 275 g/mol. The van der Waals surface area contributed by atoms with Crippen LogP contribution in [0, 0.1) is 0 Å². The third kappa shape index (κ3) is 4.93. The highest BCUT2D eigenvalue weighted by molar-refractivity contribution is 5.95. The van der Waals surface area contributed by atoms with Crippen LogP contribution in [0.15, 0.2) is 30.3 Å². The van der Waals surface area contributed by atoms with Gasteiger partial charge in [0.25, 0.3) is 5.91 Å². The molecule has 6 heteroatoms. The van der Waals surface area contributed by atoms with Crippen molar-refractivity contribution in [1.82, 2.24) is 16.0 Å². The van der Waals surface area contributed by atoms with Crippen LogP contribution in [0.25, 0.3) is 6.08 Å². The molecule has 0 unspecified atom stereocenters. The van der Waals surface area contributed by atoms with E-state index in [-0.39, 0.29) is 24.3 Å². The lowest BCUT2D eigenvalue weighted by Crippen LogP contribution is -2.34. The lowest BCUT2D eigenvalue weighted by molar-refractivity contribution is -0.123. The summed E-state index contributed by atoms with van der Waals surface area (Å²) in [5, 5.41) is 7.37. The highest BCUT2D eigenvalue weighted by Crippen LogP contribution is 2.06. The molecule has 0 aliphatic carbocycles. The second-order valence-electron chi connectivity index (χ2n) is 3.93. The van der Waals surface area contributed by atoms with Crippen LogP contribution in [0.1, 0.15) is 15.9 Å². The van der Waals surface area contributed by atoms with Gasteiger partial charge in [-0.25, -0.2) is 0 Å². The minimum Gasteiger partial charge on any atom is -0.358 e. The molecule has 0 heterocycles. The molecule has 1 aromatic carbocycles. The molecule has 20 heavy (non-hydrogen) atoms. The van der Waals surface area contributed by atoms with Crippen molar-refractivity contribution in [3.05, 3.63) is 41.5 Å². The zero-order chi connectivity index (χ0) is 15.0. The smallest absolute Gasteiger partial charge is 0.251 e. The molecule has 0 radical (unpaired) electrons. The number of nitrogens with one attached hydrogen (secondary N) is 3. The minimum absolute atomic E-state index is 0.0602. The minimum atomic E-state index is -0.357. The molecule has 106 valence electrons. The number of carbonyl (C=O) groups is 3. The summed E-state index contributed by atoms with van der Waals surface area (Å²) in [6.45, 7) is -0.0602. The summed E-state index contributed by atoms with van der Waals surface area (Å²) in [6.07, 6.45) is 2.94. The number of benzene rings is 1. The number of rotatable bonds is 5. The third-order valence-electron chi connectivity index (χ3n) is 2.53. The lowest BCUT2D eigenvalue weighted by Gasteiger charge is -2.01. The van der Waals surface area contributed by atoms with Gasteiger partial charge in [0, 0.05) is 25.7 Å². The Morgan fingerprint density at radius 1 is 1.05 bits per heavy atom. The van der Waals surface area contributed by atoms with Crippen molar-refractivity contribution in [1.29, 1.82) is 0 Å². The standard InChI is InChI=1S/C14H17N3O3/c1-15-13(19)9-17-12(18)8-5-10-3-6-11(7-4-10)14(20)16-2/h3-8H,9H2,1-2H3,(H,15,19)(H,16,20)(H,17,18). The van der Waals surface area contributed by atoms with Crippen LogP contribution in [0.4, 0.5) is 0 Å². The van der Waals surface area contributed by atoms with Crippen molar-refractivity contribution in [2.45, 2.75) is 0 Å². The number of hydrogen-bond acceptors (Lipinski definition) is 3. The number of carbonyl (C=O) groups excluding carboxylic acids is 3. The first-order chi connectivity index (χ1) is 9.56. The van der Waals surface area contributed by atoms with Crippen molar-refractivity contribution in [2.24, 2.45) is 0 Å². The summed E-state index contributed by atoms with van der Waals surface area (Å²) >= 11 is 0. The first-order valence-electron chi connectivity index (χ1n) is 6.05. The van der Waals surface area contributed by atoms with Crippen LogP contribution in [0.3, 0.4) is 0 Å². The van der Waals surface area contributed by atoms with Gasteiger partial charge in [0.05, 0.1) is 6.54 Å². The molecule has 6 nitrogen and oxygen atoms in total. The van der Waals surface area contributed by atoms with E-state index < -0.39 is 0 Å². The molecule has 1 aromatic rings. The van der Waals surface area contributed by atoms with Gasteiger partial charge in [-0.3, -0.25) is 14.4 Å². The van der Waals surface area contributed by atoms with E-state index in [1.54, 1.807) is 37.4 Å². The molecule has 0 fully saturated rings. The van der Waals surface area contributed by atoms with E-state index in [4.69, 9.17) is 0 Å². The molecule has 0 aromatic heterocycles. The Balaban J connectivity index is 2.55. The molecular formula is C14H17N3O3. The van der Waals surface area contributed by atoms with Crippen molar-refractivity contribution in [2.75, 3.05) is 20.6 Å². The van der Waals surface area contributed by atoms with Crippen molar-refractivity contribution in [3.8, 4) is 0 Å². The molecule has 0 aliphatic heterocycles. The zero-order valence-electron chi connectivity index (χ0n) is 11.4. The van der Waals surface area contributed by atoms with Gasteiger partial charge in [-0.05, 0) is 23.8 Å². The van der Waals surface area contributed by atoms with E-state index in [1.807, 2.05) is 0 Å². The maximum absolute atomic E-state index is 11.4. The molecule has 3 N–H and O–H groups in total. The summed E-state index contributed by atoms with van der Waals surface area (Å²) in [5.74, 6) is -0.783. The van der Waals surface area contributed by atoms with Gasteiger partial charge in [0.1, 0.15) is 0 Å². The lowest BCUT2D eigenvalue weighted by atomic mass is 10.1. The Labute approximate surface area is 117 Å². The first-order valence-corrected chi connectivity index (χ1v) is 6.05. The van der Waals surface area contributed by atoms with E-state index in [0.29, 0.717) is 5.56 Å². The van der Waals surface area contributed by atoms with Gasteiger partial charge in [-0.2, -0.15) is 0 Å². The highest BCUT2D eigenvalue weighted by atomic mass is 16.2. The Morgan fingerprint density at radius 3 is 2.25 bits per heavy atom. The third-order valence-corrected chi connectivity index (χ3v) is 2.53. The topological polar surface area (TPSA) is 87.3 Å². The number of likely N-dealkylation sites (N-methyl/N-ethyl adjacent to an activating group) is 1. The molecule has 0 atom stereocenters. The Kier molecular flexibility index (Phi) is 5.96. The maximum Gasteiger partial charge on any atom is 0.251 e. The predicted molar refractivity (Wildman–Crippen MR) is 75.9 cm³/mol. The SMILES string of the molecule is CNC(=O)CNC(=O)C=Cc1ccc(C(=O)NC)cc1. The van der Waals surface area contributed by atoms with Gasteiger partial charge in [0.2, 0.25) is 11.8 Å². The zero-order valence-corrected chi connectivity index (χ0v) is 11.4. The second kappa shape index (κ2) is 7.73. The van der Waals surface area contributed by atoms with Crippen LogP contribution >= 0.6 is 0 Å². The van der Waals surface area contributed by atoms with Gasteiger partial charge in [-0.1, -0.05) is 12.1 Å². The van der Waals surface area contributed by atoms with Crippen LogP contribution in [-0.2, 0) is 9.59 Å². The molecule has 3 amide bonds. The number of hydrogen-bond donors (Lipinski definition) is 3. The van der Waals surface area contributed by atoms with E-state index in [0.717, 1.165) is 5.56 Å². The molecule has 0 saturated carbocycles. The average molecular weight is 275 g/mol. The van der Waals surface area contributed by atoms with Gasteiger partial charge in [0.15, 0.2) is 0 Å². The van der Waals surface area contributed by atoms with Gasteiger partial charge in [-0.15, -0.1) is 0 Å². The molecule has 0 spiro atoms. The molecule has 0 aliphatic rings. The fourth-order valence-corrected chi connectivity index (χ4v) is 1.38. The quantitative estimate of drug-likeness (QED) is 0.657. The van der Waals surface area contributed by atoms with E-state index in [1.165, 1.54) is 13.1 Å². The average Bonchev–Trinajstić information content (AvgIpc) is 2.50. The van der Waals surface area contributed by atoms with Crippen molar-refractivity contribution < 1.29 is 14.4 Å². The van der Waals surface area contributed by atoms with E-state index in [9.17, 15) is 14.4 Å². The van der Waals surface area contributed by atoms with Gasteiger partial charge >= 0.3 is 0 Å². The summed E-state index contributed by atoms with van der Waals surface area (Å²) in [5.41, 5.74) is 1.33. The Hall–Kier alpha value is -2.63. The number of amides is 3. The van der Waals surface area contributed by atoms with Gasteiger partial charge < -0.3 is 16.0 Å². The highest BCUT2D eigenvalue weighted by Gasteiger charge is 2.02.